The fourth-order valence-electron chi connectivity index (χ4n) is 1.89. The molecule has 0 aliphatic heterocycles. The average Bonchev–Trinajstić information content (AvgIpc) is 2.44. The molecule has 0 fully saturated rings. The molecule has 0 aliphatic carbocycles. The molecule has 4 heteroatoms. The van der Waals surface area contributed by atoms with Gasteiger partial charge in [0, 0.05) is 10.9 Å². The van der Waals surface area contributed by atoms with Crippen LogP contribution >= 0.6 is 11.8 Å². The molecular formula is C16H25NO2S. The lowest BCUT2D eigenvalue weighted by Crippen LogP contribution is -2.38. The minimum absolute atomic E-state index is 0.0864. The van der Waals surface area contributed by atoms with E-state index in [9.17, 15) is 9.90 Å². The molecule has 0 saturated carbocycles. The zero-order valence-corrected chi connectivity index (χ0v) is 13.5. The highest BCUT2D eigenvalue weighted by Crippen LogP contribution is 2.25. The summed E-state index contributed by atoms with van der Waals surface area (Å²) in [5.74, 6) is 0.0864. The first-order valence-corrected chi connectivity index (χ1v) is 8.10. The van der Waals surface area contributed by atoms with E-state index in [4.69, 9.17) is 0 Å². The second-order valence-electron chi connectivity index (χ2n) is 5.03. The van der Waals surface area contributed by atoms with E-state index in [1.807, 2.05) is 31.2 Å². The van der Waals surface area contributed by atoms with Crippen molar-refractivity contribution in [1.29, 1.82) is 0 Å². The number of hydrogen-bond donors (Lipinski definition) is 2. The van der Waals surface area contributed by atoms with Crippen LogP contribution < -0.4 is 5.32 Å². The van der Waals surface area contributed by atoms with Gasteiger partial charge in [0.2, 0.25) is 5.91 Å². The SMILES string of the molecule is CCC(CC)NC(=O)C(C)Sc1ccc(C(C)O)cc1. The van der Waals surface area contributed by atoms with E-state index in [0.29, 0.717) is 0 Å². The van der Waals surface area contributed by atoms with E-state index < -0.39 is 6.10 Å². The lowest BCUT2D eigenvalue weighted by Gasteiger charge is -2.18. The number of carbonyl (C=O) groups excluding carboxylic acids is 1. The normalized spacial score (nSPS) is 14.1. The number of amides is 1. The van der Waals surface area contributed by atoms with Gasteiger partial charge in [-0.1, -0.05) is 26.0 Å². The summed E-state index contributed by atoms with van der Waals surface area (Å²) in [6.07, 6.45) is 1.47. The number of hydrogen-bond acceptors (Lipinski definition) is 3. The van der Waals surface area contributed by atoms with Crippen LogP contribution in [0.15, 0.2) is 29.2 Å². The van der Waals surface area contributed by atoms with Crippen molar-refractivity contribution in [2.45, 2.75) is 62.8 Å². The molecular weight excluding hydrogens is 270 g/mol. The van der Waals surface area contributed by atoms with Gasteiger partial charge in [0.25, 0.3) is 0 Å². The fourth-order valence-corrected chi connectivity index (χ4v) is 2.77. The summed E-state index contributed by atoms with van der Waals surface area (Å²) in [5, 5.41) is 12.4. The summed E-state index contributed by atoms with van der Waals surface area (Å²) < 4.78 is 0. The number of thioether (sulfide) groups is 1. The summed E-state index contributed by atoms with van der Waals surface area (Å²) in [6.45, 7) is 7.83. The van der Waals surface area contributed by atoms with Crippen molar-refractivity contribution >= 4 is 17.7 Å². The molecule has 0 saturated heterocycles. The standard InChI is InChI=1S/C16H25NO2S/c1-5-14(6-2)17-16(19)12(4)20-15-9-7-13(8-10-15)11(3)18/h7-12,14,18H,5-6H2,1-4H3,(H,17,19). The topological polar surface area (TPSA) is 49.3 Å². The van der Waals surface area contributed by atoms with Gasteiger partial charge in [-0.05, 0) is 44.4 Å². The van der Waals surface area contributed by atoms with E-state index in [1.54, 1.807) is 18.7 Å². The quantitative estimate of drug-likeness (QED) is 0.757. The smallest absolute Gasteiger partial charge is 0.233 e. The van der Waals surface area contributed by atoms with Crippen LogP contribution in [0.3, 0.4) is 0 Å². The summed E-state index contributed by atoms with van der Waals surface area (Å²) >= 11 is 1.54. The van der Waals surface area contributed by atoms with Crippen LogP contribution in [0.25, 0.3) is 0 Å². The Morgan fingerprint density at radius 3 is 2.20 bits per heavy atom. The predicted octanol–water partition coefficient (Wildman–Crippen LogP) is 3.53. The van der Waals surface area contributed by atoms with Gasteiger partial charge >= 0.3 is 0 Å². The molecule has 20 heavy (non-hydrogen) atoms. The molecule has 1 rings (SSSR count). The molecule has 1 amide bonds. The van der Waals surface area contributed by atoms with E-state index in [2.05, 4.69) is 19.2 Å². The van der Waals surface area contributed by atoms with E-state index >= 15 is 0 Å². The van der Waals surface area contributed by atoms with Crippen molar-refractivity contribution in [3.05, 3.63) is 29.8 Å². The zero-order valence-electron chi connectivity index (χ0n) is 12.7. The number of rotatable bonds is 7. The van der Waals surface area contributed by atoms with Crippen molar-refractivity contribution in [2.24, 2.45) is 0 Å². The Morgan fingerprint density at radius 1 is 1.20 bits per heavy atom. The molecule has 2 unspecified atom stereocenters. The van der Waals surface area contributed by atoms with E-state index in [0.717, 1.165) is 23.3 Å². The van der Waals surface area contributed by atoms with Gasteiger partial charge in [-0.3, -0.25) is 4.79 Å². The summed E-state index contributed by atoms with van der Waals surface area (Å²) in [6, 6.07) is 7.97. The van der Waals surface area contributed by atoms with Gasteiger partial charge in [-0.15, -0.1) is 11.8 Å². The van der Waals surface area contributed by atoms with Crippen molar-refractivity contribution in [3.8, 4) is 0 Å². The second-order valence-corrected chi connectivity index (χ2v) is 6.44. The Balaban J connectivity index is 2.56. The first-order valence-electron chi connectivity index (χ1n) is 7.22. The number of benzene rings is 1. The maximum Gasteiger partial charge on any atom is 0.233 e. The Morgan fingerprint density at radius 2 is 1.75 bits per heavy atom. The van der Waals surface area contributed by atoms with Crippen LogP contribution in [0.5, 0.6) is 0 Å². The highest BCUT2D eigenvalue weighted by atomic mass is 32.2. The molecule has 0 aromatic heterocycles. The second kappa shape index (κ2) is 8.32. The highest BCUT2D eigenvalue weighted by molar-refractivity contribution is 8.00. The maximum atomic E-state index is 12.1. The third-order valence-electron chi connectivity index (χ3n) is 3.38. The molecule has 0 bridgehead atoms. The van der Waals surface area contributed by atoms with Crippen LogP contribution in [-0.4, -0.2) is 22.3 Å². The maximum absolute atomic E-state index is 12.1. The molecule has 2 atom stereocenters. The molecule has 1 aromatic carbocycles. The average molecular weight is 295 g/mol. The summed E-state index contributed by atoms with van der Waals surface area (Å²) in [4.78, 5) is 13.1. The first-order chi connectivity index (χ1) is 9.47. The Bertz CT molecular complexity index is 413. The number of aliphatic hydroxyl groups is 1. The van der Waals surface area contributed by atoms with Crippen molar-refractivity contribution in [3.63, 3.8) is 0 Å². The Kier molecular flexibility index (Phi) is 7.10. The molecule has 0 aliphatic rings. The van der Waals surface area contributed by atoms with E-state index in [1.165, 1.54) is 0 Å². The van der Waals surface area contributed by atoms with Crippen LogP contribution in [-0.2, 0) is 4.79 Å². The third kappa shape index (κ3) is 5.17. The Hall–Kier alpha value is -1.00. The van der Waals surface area contributed by atoms with Gasteiger partial charge in [0.05, 0.1) is 11.4 Å². The largest absolute Gasteiger partial charge is 0.389 e. The molecule has 0 spiro atoms. The van der Waals surface area contributed by atoms with Crippen LogP contribution in [0.1, 0.15) is 52.2 Å². The number of carbonyl (C=O) groups is 1. The van der Waals surface area contributed by atoms with Gasteiger partial charge in [-0.2, -0.15) is 0 Å². The minimum Gasteiger partial charge on any atom is -0.389 e. The lowest BCUT2D eigenvalue weighted by atomic mass is 10.1. The monoisotopic (exact) mass is 295 g/mol. The molecule has 112 valence electrons. The van der Waals surface area contributed by atoms with Crippen molar-refractivity contribution in [1.82, 2.24) is 5.32 Å². The molecule has 0 heterocycles. The van der Waals surface area contributed by atoms with Gasteiger partial charge in [-0.25, -0.2) is 0 Å². The zero-order chi connectivity index (χ0) is 15.1. The van der Waals surface area contributed by atoms with Crippen LogP contribution in [0.2, 0.25) is 0 Å². The van der Waals surface area contributed by atoms with Crippen LogP contribution in [0.4, 0.5) is 0 Å². The van der Waals surface area contributed by atoms with Gasteiger partial charge < -0.3 is 10.4 Å². The van der Waals surface area contributed by atoms with Gasteiger partial charge in [0.15, 0.2) is 0 Å². The van der Waals surface area contributed by atoms with Gasteiger partial charge in [0.1, 0.15) is 0 Å². The molecule has 3 nitrogen and oxygen atoms in total. The minimum atomic E-state index is -0.454. The molecule has 1 aromatic rings. The third-order valence-corrected chi connectivity index (χ3v) is 4.49. The van der Waals surface area contributed by atoms with Crippen molar-refractivity contribution < 1.29 is 9.90 Å². The molecule has 0 radical (unpaired) electrons. The van der Waals surface area contributed by atoms with Crippen LogP contribution in [0, 0.1) is 0 Å². The van der Waals surface area contributed by atoms with E-state index in [-0.39, 0.29) is 17.2 Å². The summed E-state index contributed by atoms with van der Waals surface area (Å²) in [5.41, 5.74) is 0.892. The number of nitrogens with one attached hydrogen (secondary N) is 1. The lowest BCUT2D eigenvalue weighted by molar-refractivity contribution is -0.121. The fraction of sp³-hybridized carbons (Fsp3) is 0.562. The summed E-state index contributed by atoms with van der Waals surface area (Å²) in [7, 11) is 0. The first kappa shape index (κ1) is 17.1. The Labute approximate surface area is 126 Å². The number of aliphatic hydroxyl groups excluding tert-OH is 1. The van der Waals surface area contributed by atoms with Crippen molar-refractivity contribution in [2.75, 3.05) is 0 Å². The molecule has 2 N–H and O–H groups in total. The highest BCUT2D eigenvalue weighted by Gasteiger charge is 2.17. The predicted molar refractivity (Wildman–Crippen MR) is 84.9 cm³/mol.